The first kappa shape index (κ1) is 28.8. The minimum Gasteiger partial charge on any atom is -0.435 e. The Morgan fingerprint density at radius 2 is 1.54 bits per heavy atom. The van der Waals surface area contributed by atoms with Gasteiger partial charge in [0.15, 0.2) is 0 Å². The predicted octanol–water partition coefficient (Wildman–Crippen LogP) is 9.07. The Kier molecular flexibility index (Phi) is 10.5. The second-order valence-corrected chi connectivity index (χ2v) is 10.1. The molecule has 0 saturated carbocycles. The molecule has 0 amide bonds. The molecule has 4 nitrogen and oxygen atoms in total. The number of nitrogens with zero attached hydrogens (tertiary/aromatic N) is 3. The normalized spacial score (nSPS) is 11.5. The average Bonchev–Trinajstić information content (AvgIpc) is 3.30. The summed E-state index contributed by atoms with van der Waals surface area (Å²) in [5.41, 5.74) is 5.20. The Morgan fingerprint density at radius 3 is 2.15 bits per heavy atom. The van der Waals surface area contributed by atoms with Crippen LogP contribution >= 0.6 is 11.6 Å². The van der Waals surface area contributed by atoms with Gasteiger partial charge in [-0.05, 0) is 37.1 Å². The lowest BCUT2D eigenvalue weighted by Crippen LogP contribution is -2.26. The first-order valence-corrected chi connectivity index (χ1v) is 14.0. The fourth-order valence-corrected chi connectivity index (χ4v) is 4.95. The number of unbranched alkanes of at least 4 members (excludes halogenated alkanes) is 2. The maximum absolute atomic E-state index is 12.7. The summed E-state index contributed by atoms with van der Waals surface area (Å²) in [7, 11) is 0. The second-order valence-electron chi connectivity index (χ2n) is 9.66. The zero-order valence-electron chi connectivity index (χ0n) is 22.6. The van der Waals surface area contributed by atoms with Crippen LogP contribution < -0.4 is 4.74 Å². The van der Waals surface area contributed by atoms with E-state index in [-0.39, 0.29) is 5.75 Å². The summed E-state index contributed by atoms with van der Waals surface area (Å²) in [6, 6.07) is 25.5. The van der Waals surface area contributed by atoms with Crippen LogP contribution in [0.3, 0.4) is 0 Å². The first-order chi connectivity index (χ1) is 19.0. The number of hydrogen-bond donors (Lipinski definition) is 0. The van der Waals surface area contributed by atoms with Crippen molar-refractivity contribution in [2.75, 3.05) is 6.54 Å². The number of benzene rings is 3. The summed E-state index contributed by atoms with van der Waals surface area (Å²) in [6.45, 7) is 4.50. The number of imidazole rings is 1. The summed E-state index contributed by atoms with van der Waals surface area (Å²) >= 11 is 6.54. The van der Waals surface area contributed by atoms with Gasteiger partial charge in [0.05, 0.1) is 11.4 Å². The van der Waals surface area contributed by atoms with Crippen molar-refractivity contribution in [1.82, 2.24) is 14.5 Å². The second kappa shape index (κ2) is 14.2. The number of alkyl halides is 2. The molecule has 0 atom stereocenters. The third-order valence-corrected chi connectivity index (χ3v) is 7.08. The van der Waals surface area contributed by atoms with Crippen molar-refractivity contribution in [2.45, 2.75) is 65.8 Å². The van der Waals surface area contributed by atoms with E-state index < -0.39 is 6.61 Å². The van der Waals surface area contributed by atoms with E-state index in [4.69, 9.17) is 16.6 Å². The Morgan fingerprint density at radius 1 is 0.872 bits per heavy atom. The van der Waals surface area contributed by atoms with E-state index in [1.165, 1.54) is 11.8 Å². The highest BCUT2D eigenvalue weighted by molar-refractivity contribution is 6.31. The summed E-state index contributed by atoms with van der Waals surface area (Å²) in [4.78, 5) is 7.60. The highest BCUT2D eigenvalue weighted by Crippen LogP contribution is 2.32. The molecule has 0 N–H and O–H groups in total. The standard InChI is InChI=1S/C32H36ClF2N3O/c1-3-5-19-37(22-26-17-18-27(21-28(26)33)39-32(34)35)23-29-30(24-13-9-7-10-14-24)36-31(38(29)20-6-4-2)25-15-11-8-12-16-25/h7-18,21,32H,3-6,19-20,22-23H2,1-2H3. The number of hydrogen-bond acceptors (Lipinski definition) is 3. The van der Waals surface area contributed by atoms with Crippen LogP contribution in [0, 0.1) is 0 Å². The van der Waals surface area contributed by atoms with E-state index >= 15 is 0 Å². The molecule has 0 spiro atoms. The summed E-state index contributed by atoms with van der Waals surface area (Å²) in [5.74, 6) is 1.04. The third kappa shape index (κ3) is 7.68. The van der Waals surface area contributed by atoms with E-state index in [0.717, 1.165) is 67.0 Å². The van der Waals surface area contributed by atoms with Crippen LogP contribution in [0.25, 0.3) is 22.6 Å². The van der Waals surface area contributed by atoms with Gasteiger partial charge in [-0.3, -0.25) is 4.90 Å². The molecular formula is C32H36ClF2N3O. The molecule has 39 heavy (non-hydrogen) atoms. The molecule has 0 aliphatic heterocycles. The minimum atomic E-state index is -2.88. The monoisotopic (exact) mass is 551 g/mol. The van der Waals surface area contributed by atoms with Gasteiger partial charge in [0.2, 0.25) is 0 Å². The Hall–Kier alpha value is -3.22. The summed E-state index contributed by atoms with van der Waals surface area (Å²) in [5, 5.41) is 0.419. The number of ether oxygens (including phenoxy) is 1. The molecule has 7 heteroatoms. The third-order valence-electron chi connectivity index (χ3n) is 6.73. The predicted molar refractivity (Wildman–Crippen MR) is 155 cm³/mol. The van der Waals surface area contributed by atoms with E-state index in [1.807, 2.05) is 36.4 Å². The molecule has 0 radical (unpaired) electrons. The smallest absolute Gasteiger partial charge is 0.387 e. The highest BCUT2D eigenvalue weighted by atomic mass is 35.5. The Balaban J connectivity index is 1.75. The van der Waals surface area contributed by atoms with Gasteiger partial charge in [-0.25, -0.2) is 4.98 Å². The fourth-order valence-electron chi connectivity index (χ4n) is 4.72. The van der Waals surface area contributed by atoms with E-state index in [0.29, 0.717) is 18.1 Å². The Bertz CT molecular complexity index is 1310. The highest BCUT2D eigenvalue weighted by Gasteiger charge is 2.22. The van der Waals surface area contributed by atoms with Gasteiger partial charge in [-0.1, -0.05) is 105 Å². The van der Waals surface area contributed by atoms with Gasteiger partial charge in [-0.2, -0.15) is 8.78 Å². The van der Waals surface area contributed by atoms with E-state index in [1.54, 1.807) is 12.1 Å². The molecule has 0 aliphatic carbocycles. The van der Waals surface area contributed by atoms with Crippen molar-refractivity contribution in [3.8, 4) is 28.4 Å². The first-order valence-electron chi connectivity index (χ1n) is 13.7. The molecule has 0 bridgehead atoms. The molecular weight excluding hydrogens is 516 g/mol. The SMILES string of the molecule is CCCCN(Cc1ccc(OC(F)F)cc1Cl)Cc1c(-c2ccccc2)nc(-c2ccccc2)n1CCCC. The van der Waals surface area contributed by atoms with Crippen LogP contribution in [0.4, 0.5) is 8.78 Å². The molecule has 0 aliphatic rings. The topological polar surface area (TPSA) is 30.3 Å². The zero-order chi connectivity index (χ0) is 27.6. The average molecular weight is 552 g/mol. The molecule has 206 valence electrons. The van der Waals surface area contributed by atoms with Crippen LogP contribution in [-0.4, -0.2) is 27.6 Å². The maximum atomic E-state index is 12.7. The van der Waals surface area contributed by atoms with Crippen molar-refractivity contribution < 1.29 is 13.5 Å². The summed E-state index contributed by atoms with van der Waals surface area (Å²) in [6.07, 6.45) is 4.21. The minimum absolute atomic E-state index is 0.0652. The van der Waals surface area contributed by atoms with E-state index in [2.05, 4.69) is 52.3 Å². The number of rotatable bonds is 14. The van der Waals surface area contributed by atoms with E-state index in [9.17, 15) is 8.78 Å². The largest absolute Gasteiger partial charge is 0.435 e. The Labute approximate surface area is 235 Å². The maximum Gasteiger partial charge on any atom is 0.387 e. The van der Waals surface area contributed by atoms with Crippen molar-refractivity contribution in [3.63, 3.8) is 0 Å². The van der Waals surface area contributed by atoms with Crippen LogP contribution in [0.2, 0.25) is 5.02 Å². The molecule has 4 aromatic rings. The lowest BCUT2D eigenvalue weighted by Gasteiger charge is -2.25. The molecule has 4 rings (SSSR count). The van der Waals surface area contributed by atoms with Gasteiger partial charge in [-0.15, -0.1) is 0 Å². The van der Waals surface area contributed by atoms with Crippen LogP contribution in [0.15, 0.2) is 78.9 Å². The van der Waals surface area contributed by atoms with Gasteiger partial charge >= 0.3 is 6.61 Å². The quantitative estimate of drug-likeness (QED) is 0.156. The van der Waals surface area contributed by atoms with Gasteiger partial charge in [0.25, 0.3) is 0 Å². The van der Waals surface area contributed by atoms with Gasteiger partial charge in [0, 0.05) is 35.8 Å². The molecule has 1 heterocycles. The molecule has 1 aromatic heterocycles. The van der Waals surface area contributed by atoms with Crippen LogP contribution in [0.5, 0.6) is 5.75 Å². The van der Waals surface area contributed by atoms with Crippen molar-refractivity contribution in [2.24, 2.45) is 0 Å². The lowest BCUT2D eigenvalue weighted by atomic mass is 10.1. The molecule has 0 fully saturated rings. The zero-order valence-corrected chi connectivity index (χ0v) is 23.4. The van der Waals surface area contributed by atoms with Crippen molar-refractivity contribution >= 4 is 11.6 Å². The molecule has 0 unspecified atom stereocenters. The van der Waals surface area contributed by atoms with Gasteiger partial charge in [0.1, 0.15) is 11.6 Å². The van der Waals surface area contributed by atoms with Crippen LogP contribution in [-0.2, 0) is 19.6 Å². The van der Waals surface area contributed by atoms with Gasteiger partial charge < -0.3 is 9.30 Å². The molecule has 3 aromatic carbocycles. The van der Waals surface area contributed by atoms with Crippen LogP contribution in [0.1, 0.15) is 50.8 Å². The van der Waals surface area contributed by atoms with Crippen molar-refractivity contribution in [3.05, 3.63) is 95.1 Å². The molecule has 0 saturated heterocycles. The lowest BCUT2D eigenvalue weighted by molar-refractivity contribution is -0.0498. The number of aromatic nitrogens is 2. The fraction of sp³-hybridized carbons (Fsp3) is 0.344. The summed E-state index contributed by atoms with van der Waals surface area (Å²) < 4.78 is 32.3. The van der Waals surface area contributed by atoms with Crippen molar-refractivity contribution in [1.29, 1.82) is 0 Å². The number of halogens is 3.